The average molecular weight is 418 g/mol. The molecule has 0 bridgehead atoms. The van der Waals surface area contributed by atoms with Crippen molar-refractivity contribution in [3.05, 3.63) is 59.2 Å². The lowest BCUT2D eigenvalue weighted by Gasteiger charge is -2.29. The van der Waals surface area contributed by atoms with Gasteiger partial charge in [0.05, 0.1) is 11.4 Å². The molecule has 2 aliphatic heterocycles. The van der Waals surface area contributed by atoms with Crippen LogP contribution in [-0.4, -0.2) is 40.6 Å². The van der Waals surface area contributed by atoms with Crippen LogP contribution in [0.4, 0.5) is 11.4 Å². The molecule has 3 N–H and O–H groups in total. The van der Waals surface area contributed by atoms with E-state index in [0.29, 0.717) is 29.3 Å². The first-order valence-electron chi connectivity index (χ1n) is 10.4. The predicted octanol–water partition coefficient (Wildman–Crippen LogP) is 2.27. The van der Waals surface area contributed by atoms with Crippen LogP contribution in [0.5, 0.6) is 0 Å². The van der Waals surface area contributed by atoms with Crippen LogP contribution in [0.2, 0.25) is 0 Å². The summed E-state index contributed by atoms with van der Waals surface area (Å²) in [7, 11) is 0. The monoisotopic (exact) mass is 418 g/mol. The van der Waals surface area contributed by atoms with Gasteiger partial charge in [-0.05, 0) is 49.1 Å². The Balaban J connectivity index is 1.33. The number of anilines is 2. The van der Waals surface area contributed by atoms with E-state index in [1.807, 2.05) is 24.3 Å². The van der Waals surface area contributed by atoms with E-state index in [1.54, 1.807) is 18.2 Å². The number of rotatable bonds is 5. The second-order valence-electron chi connectivity index (χ2n) is 8.19. The molecule has 2 heterocycles. The fraction of sp³-hybridized carbons (Fsp3) is 0.304. The van der Waals surface area contributed by atoms with Gasteiger partial charge in [0.15, 0.2) is 0 Å². The zero-order chi connectivity index (χ0) is 21.5. The molecule has 2 fully saturated rings. The molecule has 31 heavy (non-hydrogen) atoms. The SMILES string of the molecule is O=C1CCC(N2Cc3ccc(C(=O)Nc4ccccc4NC4CC4)cc3C2=O)C(=O)N1. The molecule has 2 aromatic rings. The van der Waals surface area contributed by atoms with Crippen LogP contribution < -0.4 is 16.0 Å². The topological polar surface area (TPSA) is 108 Å². The van der Waals surface area contributed by atoms with E-state index in [2.05, 4.69) is 16.0 Å². The summed E-state index contributed by atoms with van der Waals surface area (Å²) in [5, 5.41) is 8.62. The van der Waals surface area contributed by atoms with Gasteiger partial charge < -0.3 is 15.5 Å². The summed E-state index contributed by atoms with van der Waals surface area (Å²) in [6.07, 6.45) is 2.76. The van der Waals surface area contributed by atoms with Crippen LogP contribution in [0.25, 0.3) is 0 Å². The number of imide groups is 1. The quantitative estimate of drug-likeness (QED) is 0.646. The number of nitrogens with one attached hydrogen (secondary N) is 3. The smallest absolute Gasteiger partial charge is 0.255 e. The number of hydrogen-bond donors (Lipinski definition) is 3. The third-order valence-corrected chi connectivity index (χ3v) is 5.90. The van der Waals surface area contributed by atoms with E-state index < -0.39 is 11.9 Å². The van der Waals surface area contributed by atoms with Crippen molar-refractivity contribution in [2.75, 3.05) is 10.6 Å². The molecule has 1 aliphatic carbocycles. The highest BCUT2D eigenvalue weighted by molar-refractivity contribution is 6.09. The van der Waals surface area contributed by atoms with Crippen LogP contribution >= 0.6 is 0 Å². The van der Waals surface area contributed by atoms with Gasteiger partial charge in [-0.1, -0.05) is 18.2 Å². The number of nitrogens with zero attached hydrogens (tertiary/aromatic N) is 1. The molecule has 8 nitrogen and oxygen atoms in total. The van der Waals surface area contributed by atoms with Crippen LogP contribution in [0.15, 0.2) is 42.5 Å². The Labute approximate surface area is 179 Å². The van der Waals surface area contributed by atoms with Gasteiger partial charge in [-0.3, -0.25) is 24.5 Å². The van der Waals surface area contributed by atoms with E-state index in [4.69, 9.17) is 0 Å². The number of piperidine rings is 1. The molecule has 3 aliphatic rings. The van der Waals surface area contributed by atoms with Crippen LogP contribution in [0.1, 0.15) is 52.0 Å². The van der Waals surface area contributed by atoms with Crippen molar-refractivity contribution >= 4 is 35.0 Å². The zero-order valence-electron chi connectivity index (χ0n) is 16.8. The average Bonchev–Trinajstić information content (AvgIpc) is 3.51. The second-order valence-corrected chi connectivity index (χ2v) is 8.19. The highest BCUT2D eigenvalue weighted by Crippen LogP contribution is 2.31. The lowest BCUT2D eigenvalue weighted by molar-refractivity contribution is -0.136. The van der Waals surface area contributed by atoms with Crippen molar-refractivity contribution < 1.29 is 19.2 Å². The van der Waals surface area contributed by atoms with E-state index in [-0.39, 0.29) is 30.7 Å². The van der Waals surface area contributed by atoms with Crippen molar-refractivity contribution in [1.82, 2.24) is 10.2 Å². The Kier molecular flexibility index (Phi) is 4.69. The van der Waals surface area contributed by atoms with Gasteiger partial charge in [0.25, 0.3) is 11.8 Å². The number of amides is 4. The van der Waals surface area contributed by atoms with E-state index in [0.717, 1.165) is 24.1 Å². The third-order valence-electron chi connectivity index (χ3n) is 5.90. The summed E-state index contributed by atoms with van der Waals surface area (Å²) in [4.78, 5) is 50.9. The van der Waals surface area contributed by atoms with Gasteiger partial charge in [0, 0.05) is 30.1 Å². The summed E-state index contributed by atoms with van der Waals surface area (Å²) < 4.78 is 0. The van der Waals surface area contributed by atoms with Gasteiger partial charge in [-0.2, -0.15) is 0 Å². The molecule has 158 valence electrons. The Morgan fingerprint density at radius 3 is 2.52 bits per heavy atom. The molecule has 1 saturated carbocycles. The number of carbonyl (C=O) groups excluding carboxylic acids is 4. The van der Waals surface area contributed by atoms with Crippen LogP contribution in [0.3, 0.4) is 0 Å². The van der Waals surface area contributed by atoms with Crippen molar-refractivity contribution in [1.29, 1.82) is 0 Å². The van der Waals surface area contributed by atoms with Crippen LogP contribution in [-0.2, 0) is 16.1 Å². The largest absolute Gasteiger partial charge is 0.381 e. The Hall–Kier alpha value is -3.68. The Bertz CT molecular complexity index is 1110. The number of fused-ring (bicyclic) bond motifs is 1. The first-order valence-corrected chi connectivity index (χ1v) is 10.4. The molecule has 1 atom stereocenters. The minimum absolute atomic E-state index is 0.207. The van der Waals surface area contributed by atoms with E-state index in [1.165, 1.54) is 4.90 Å². The maximum atomic E-state index is 13.0. The molecule has 4 amide bonds. The van der Waals surface area contributed by atoms with Gasteiger partial charge in [-0.25, -0.2) is 0 Å². The van der Waals surface area contributed by atoms with Crippen LogP contribution in [0, 0.1) is 0 Å². The number of para-hydroxylation sites is 2. The number of carbonyl (C=O) groups is 4. The van der Waals surface area contributed by atoms with Crippen molar-refractivity contribution in [3.8, 4) is 0 Å². The molecule has 8 heteroatoms. The number of hydrogen-bond acceptors (Lipinski definition) is 5. The molecule has 0 spiro atoms. The fourth-order valence-electron chi connectivity index (χ4n) is 4.06. The lowest BCUT2D eigenvalue weighted by atomic mass is 10.0. The van der Waals surface area contributed by atoms with E-state index in [9.17, 15) is 19.2 Å². The molecular formula is C23H22N4O4. The third kappa shape index (κ3) is 3.76. The van der Waals surface area contributed by atoms with Gasteiger partial charge in [-0.15, -0.1) is 0 Å². The Morgan fingerprint density at radius 1 is 1.00 bits per heavy atom. The van der Waals surface area contributed by atoms with Gasteiger partial charge in [0.2, 0.25) is 11.8 Å². The number of benzene rings is 2. The molecule has 2 aromatic carbocycles. The molecule has 1 unspecified atom stereocenters. The molecule has 5 rings (SSSR count). The summed E-state index contributed by atoms with van der Waals surface area (Å²) in [5.41, 5.74) is 3.12. The second kappa shape index (κ2) is 7.54. The summed E-state index contributed by atoms with van der Waals surface area (Å²) in [6.45, 7) is 0.288. The maximum Gasteiger partial charge on any atom is 0.255 e. The molecule has 0 radical (unpaired) electrons. The van der Waals surface area contributed by atoms with Crippen molar-refractivity contribution in [2.24, 2.45) is 0 Å². The molecule has 1 saturated heterocycles. The summed E-state index contributed by atoms with van der Waals surface area (Å²) in [6, 6.07) is 12.3. The normalized spacial score (nSPS) is 20.3. The lowest BCUT2D eigenvalue weighted by Crippen LogP contribution is -2.52. The minimum Gasteiger partial charge on any atom is -0.381 e. The molecular weight excluding hydrogens is 396 g/mol. The first kappa shape index (κ1) is 19.3. The predicted molar refractivity (Wildman–Crippen MR) is 114 cm³/mol. The molecule has 0 aromatic heterocycles. The highest BCUT2D eigenvalue weighted by Gasteiger charge is 2.39. The summed E-state index contributed by atoms with van der Waals surface area (Å²) in [5.74, 6) is -1.37. The summed E-state index contributed by atoms with van der Waals surface area (Å²) >= 11 is 0. The van der Waals surface area contributed by atoms with E-state index >= 15 is 0 Å². The standard InChI is InChI=1S/C23H22N4O4/c28-20-10-9-19(22(30)26-20)27-12-14-6-5-13(11-16(14)23(27)31)21(29)25-18-4-2-1-3-17(18)24-15-7-8-15/h1-6,11,15,19,24H,7-10,12H2,(H,25,29)(H,26,28,30). The zero-order valence-corrected chi connectivity index (χ0v) is 16.8. The first-order chi connectivity index (χ1) is 15.0. The highest BCUT2D eigenvalue weighted by atomic mass is 16.2. The minimum atomic E-state index is -0.671. The van der Waals surface area contributed by atoms with Gasteiger partial charge >= 0.3 is 0 Å². The Morgan fingerprint density at radius 2 is 1.77 bits per heavy atom. The fourth-order valence-corrected chi connectivity index (χ4v) is 4.06. The maximum absolute atomic E-state index is 13.0. The van der Waals surface area contributed by atoms with Crippen molar-refractivity contribution in [2.45, 2.75) is 44.3 Å². The van der Waals surface area contributed by atoms with Crippen molar-refractivity contribution in [3.63, 3.8) is 0 Å². The van der Waals surface area contributed by atoms with Gasteiger partial charge in [0.1, 0.15) is 6.04 Å².